The summed E-state index contributed by atoms with van der Waals surface area (Å²) in [5, 5.41) is 12.9. The largest absolute Gasteiger partial charge is 0.465 e. The van der Waals surface area contributed by atoms with Gasteiger partial charge in [0.2, 0.25) is 11.8 Å². The van der Waals surface area contributed by atoms with Gasteiger partial charge in [0.05, 0.1) is 35.1 Å². The SMILES string of the molecule is COC(=O)c1ccc([C@H]2CC(=O)NC(SCC(=O)N(C(C)C)C(C)C)=C2C#N)cc1. The quantitative estimate of drug-likeness (QED) is 0.668. The van der Waals surface area contributed by atoms with Crippen LogP contribution in [0.25, 0.3) is 0 Å². The number of hydrogen-bond donors (Lipinski definition) is 1. The molecule has 0 fully saturated rings. The predicted molar refractivity (Wildman–Crippen MR) is 115 cm³/mol. The van der Waals surface area contributed by atoms with E-state index in [4.69, 9.17) is 4.74 Å². The predicted octanol–water partition coefficient (Wildman–Crippen LogP) is 3.19. The molecule has 1 aliphatic rings. The molecule has 1 heterocycles. The topological polar surface area (TPSA) is 99.5 Å². The Bertz CT molecular complexity index is 877. The van der Waals surface area contributed by atoms with Gasteiger partial charge in [0, 0.05) is 24.4 Å². The van der Waals surface area contributed by atoms with Crippen LogP contribution in [0.15, 0.2) is 34.9 Å². The fourth-order valence-electron chi connectivity index (χ4n) is 3.57. The lowest BCUT2D eigenvalue weighted by atomic mass is 9.87. The zero-order valence-corrected chi connectivity index (χ0v) is 18.7. The van der Waals surface area contributed by atoms with Crippen molar-refractivity contribution >= 4 is 29.5 Å². The summed E-state index contributed by atoms with van der Waals surface area (Å²) < 4.78 is 4.70. The lowest BCUT2D eigenvalue weighted by Crippen LogP contribution is -2.43. The molecule has 0 bridgehead atoms. The fourth-order valence-corrected chi connectivity index (χ4v) is 4.51. The van der Waals surface area contributed by atoms with Crippen molar-refractivity contribution in [3.05, 3.63) is 46.0 Å². The Kier molecular flexibility index (Phi) is 8.07. The van der Waals surface area contributed by atoms with E-state index in [-0.39, 0.29) is 36.1 Å². The molecule has 160 valence electrons. The van der Waals surface area contributed by atoms with E-state index in [2.05, 4.69) is 11.4 Å². The lowest BCUT2D eigenvalue weighted by Gasteiger charge is -2.31. The van der Waals surface area contributed by atoms with Crippen molar-refractivity contribution in [3.8, 4) is 6.07 Å². The molecule has 1 aromatic rings. The van der Waals surface area contributed by atoms with Gasteiger partial charge < -0.3 is 15.0 Å². The number of allylic oxidation sites excluding steroid dienone is 1. The molecule has 8 heteroatoms. The van der Waals surface area contributed by atoms with Crippen LogP contribution in [0.5, 0.6) is 0 Å². The molecule has 0 spiro atoms. The summed E-state index contributed by atoms with van der Waals surface area (Å²) in [6, 6.07) is 8.99. The second-order valence-electron chi connectivity index (χ2n) is 7.55. The molecule has 0 unspecified atom stereocenters. The maximum atomic E-state index is 12.7. The van der Waals surface area contributed by atoms with Crippen molar-refractivity contribution in [2.75, 3.05) is 12.9 Å². The van der Waals surface area contributed by atoms with Gasteiger partial charge in [0.1, 0.15) is 0 Å². The van der Waals surface area contributed by atoms with Gasteiger partial charge >= 0.3 is 5.97 Å². The summed E-state index contributed by atoms with van der Waals surface area (Å²) in [6.07, 6.45) is 0.128. The fraction of sp³-hybridized carbons (Fsp3) is 0.455. The standard InChI is InChI=1S/C22H27N3O4S/c1-13(2)25(14(3)4)20(27)12-30-21-18(11-23)17(10-19(26)24-21)15-6-8-16(9-7-15)22(28)29-5/h6-9,13-14,17H,10,12H2,1-5H3,(H,24,26)/t17-/m1/s1. The highest BCUT2D eigenvalue weighted by atomic mass is 32.2. The van der Waals surface area contributed by atoms with E-state index in [0.717, 1.165) is 5.56 Å². The highest BCUT2D eigenvalue weighted by Crippen LogP contribution is 2.36. The van der Waals surface area contributed by atoms with E-state index in [1.165, 1.54) is 18.9 Å². The second kappa shape index (κ2) is 10.3. The van der Waals surface area contributed by atoms with Crippen LogP contribution >= 0.6 is 11.8 Å². The highest BCUT2D eigenvalue weighted by Gasteiger charge is 2.30. The molecule has 0 aliphatic carbocycles. The van der Waals surface area contributed by atoms with Gasteiger partial charge in [-0.05, 0) is 45.4 Å². The number of nitrogens with one attached hydrogen (secondary N) is 1. The van der Waals surface area contributed by atoms with Gasteiger partial charge in [-0.2, -0.15) is 5.26 Å². The first kappa shape index (κ1) is 23.5. The number of esters is 1. The number of hydrogen-bond acceptors (Lipinski definition) is 6. The zero-order chi connectivity index (χ0) is 22.4. The molecule has 0 saturated carbocycles. The first-order valence-electron chi connectivity index (χ1n) is 9.75. The van der Waals surface area contributed by atoms with E-state index in [1.54, 1.807) is 29.2 Å². The maximum absolute atomic E-state index is 12.7. The Balaban J connectivity index is 2.26. The smallest absolute Gasteiger partial charge is 0.337 e. The molecule has 1 aromatic carbocycles. The Hall–Kier alpha value is -2.79. The third-order valence-corrected chi connectivity index (χ3v) is 5.83. The molecule has 1 aliphatic heterocycles. The lowest BCUT2D eigenvalue weighted by molar-refractivity contribution is -0.131. The first-order valence-corrected chi connectivity index (χ1v) is 10.7. The van der Waals surface area contributed by atoms with Gasteiger partial charge in [0.15, 0.2) is 0 Å². The van der Waals surface area contributed by atoms with Crippen LogP contribution in [-0.2, 0) is 14.3 Å². The average molecular weight is 430 g/mol. The normalized spacial score (nSPS) is 16.3. The molecule has 30 heavy (non-hydrogen) atoms. The number of nitrogens with zero attached hydrogens (tertiary/aromatic N) is 2. The highest BCUT2D eigenvalue weighted by molar-refractivity contribution is 8.03. The number of benzene rings is 1. The maximum Gasteiger partial charge on any atom is 0.337 e. The number of carbonyl (C=O) groups excluding carboxylic acids is 3. The van der Waals surface area contributed by atoms with Crippen LogP contribution in [0.4, 0.5) is 0 Å². The van der Waals surface area contributed by atoms with Crippen molar-refractivity contribution in [2.45, 2.75) is 52.1 Å². The van der Waals surface area contributed by atoms with Crippen LogP contribution in [0, 0.1) is 11.3 Å². The summed E-state index contributed by atoms with van der Waals surface area (Å²) >= 11 is 1.18. The third kappa shape index (κ3) is 5.42. The van der Waals surface area contributed by atoms with Gasteiger partial charge in [-0.3, -0.25) is 9.59 Å². The van der Waals surface area contributed by atoms with E-state index in [9.17, 15) is 19.6 Å². The van der Waals surface area contributed by atoms with Crippen LogP contribution in [-0.4, -0.2) is 47.6 Å². The molecule has 2 amide bonds. The van der Waals surface area contributed by atoms with Crippen molar-refractivity contribution in [2.24, 2.45) is 0 Å². The minimum atomic E-state index is -0.450. The number of methoxy groups -OCH3 is 1. The van der Waals surface area contributed by atoms with E-state index >= 15 is 0 Å². The van der Waals surface area contributed by atoms with Crippen LogP contribution in [0.3, 0.4) is 0 Å². The van der Waals surface area contributed by atoms with Gasteiger partial charge in [-0.25, -0.2) is 4.79 Å². The van der Waals surface area contributed by atoms with Crippen molar-refractivity contribution in [1.82, 2.24) is 10.2 Å². The van der Waals surface area contributed by atoms with Gasteiger partial charge in [-0.15, -0.1) is 0 Å². The minimum Gasteiger partial charge on any atom is -0.465 e. The third-order valence-electron chi connectivity index (χ3n) is 4.83. The monoisotopic (exact) mass is 429 g/mol. The van der Waals surface area contributed by atoms with E-state index in [1.807, 2.05) is 27.7 Å². The molecule has 2 rings (SSSR count). The molecular weight excluding hydrogens is 402 g/mol. The number of amides is 2. The number of rotatable bonds is 7. The Morgan fingerprint density at radius 3 is 2.33 bits per heavy atom. The van der Waals surface area contributed by atoms with Crippen molar-refractivity contribution < 1.29 is 19.1 Å². The van der Waals surface area contributed by atoms with Gasteiger partial charge in [-0.1, -0.05) is 23.9 Å². The van der Waals surface area contributed by atoms with Crippen molar-refractivity contribution in [1.29, 1.82) is 5.26 Å². The van der Waals surface area contributed by atoms with Gasteiger partial charge in [0.25, 0.3) is 0 Å². The molecule has 0 aromatic heterocycles. The van der Waals surface area contributed by atoms with Crippen LogP contribution in [0.2, 0.25) is 0 Å². The second-order valence-corrected chi connectivity index (χ2v) is 8.54. The van der Waals surface area contributed by atoms with E-state index in [0.29, 0.717) is 16.2 Å². The minimum absolute atomic E-state index is 0.0476. The van der Waals surface area contributed by atoms with E-state index < -0.39 is 11.9 Å². The number of nitriles is 1. The number of ether oxygens (including phenoxy) is 1. The summed E-state index contributed by atoms with van der Waals surface area (Å²) in [4.78, 5) is 38.4. The van der Waals surface area contributed by atoms with Crippen LogP contribution in [0.1, 0.15) is 56.0 Å². The van der Waals surface area contributed by atoms with Crippen molar-refractivity contribution in [3.63, 3.8) is 0 Å². The van der Waals surface area contributed by atoms with Crippen LogP contribution < -0.4 is 5.32 Å². The summed E-state index contributed by atoms with van der Waals surface area (Å²) in [5.41, 5.74) is 1.56. The molecule has 1 atom stereocenters. The molecule has 1 N–H and O–H groups in total. The summed E-state index contributed by atoms with van der Waals surface area (Å²) in [6.45, 7) is 7.83. The Labute approximate surface area is 181 Å². The summed E-state index contributed by atoms with van der Waals surface area (Å²) in [5.74, 6) is -1.01. The number of carbonyl (C=O) groups is 3. The molecule has 0 radical (unpaired) electrons. The zero-order valence-electron chi connectivity index (χ0n) is 17.9. The summed E-state index contributed by atoms with van der Waals surface area (Å²) in [7, 11) is 1.31. The average Bonchev–Trinajstić information content (AvgIpc) is 2.70. The molecule has 0 saturated heterocycles. The molecular formula is C22H27N3O4S. The Morgan fingerprint density at radius 2 is 1.83 bits per heavy atom. The Morgan fingerprint density at radius 1 is 1.23 bits per heavy atom. The molecule has 7 nitrogen and oxygen atoms in total. The first-order chi connectivity index (χ1) is 14.2. The number of thioether (sulfide) groups is 1.